The molecular weight excluding hydrogens is 280 g/mol. The SMILES string of the molecule is Clc1ccnc(Cn2c3ccccc3c3ccccc32)c1. The smallest absolute Gasteiger partial charge is 0.0655 e. The van der Waals surface area contributed by atoms with Gasteiger partial charge in [0.15, 0.2) is 0 Å². The molecule has 102 valence electrons. The molecule has 0 saturated heterocycles. The summed E-state index contributed by atoms with van der Waals surface area (Å²) in [5.74, 6) is 0. The normalized spacial score (nSPS) is 11.3. The minimum Gasteiger partial charge on any atom is -0.334 e. The fourth-order valence-electron chi connectivity index (χ4n) is 2.87. The molecule has 0 aliphatic rings. The standard InChI is InChI=1S/C18H13ClN2/c19-13-9-10-20-14(11-13)12-21-17-7-3-1-5-15(17)16-6-2-4-8-18(16)21/h1-11H,12H2. The molecule has 0 spiro atoms. The van der Waals surface area contributed by atoms with Gasteiger partial charge in [0.2, 0.25) is 0 Å². The van der Waals surface area contributed by atoms with Crippen LogP contribution >= 0.6 is 11.6 Å². The lowest BCUT2D eigenvalue weighted by Gasteiger charge is -2.07. The van der Waals surface area contributed by atoms with E-state index < -0.39 is 0 Å². The van der Waals surface area contributed by atoms with Crippen LogP contribution in [0.25, 0.3) is 21.8 Å². The van der Waals surface area contributed by atoms with E-state index >= 15 is 0 Å². The predicted molar refractivity (Wildman–Crippen MR) is 87.8 cm³/mol. The highest BCUT2D eigenvalue weighted by molar-refractivity contribution is 6.30. The Kier molecular flexibility index (Phi) is 2.90. The average molecular weight is 293 g/mol. The van der Waals surface area contributed by atoms with Crippen molar-refractivity contribution >= 4 is 33.4 Å². The van der Waals surface area contributed by atoms with Gasteiger partial charge in [0, 0.05) is 33.0 Å². The maximum atomic E-state index is 6.07. The number of pyridine rings is 1. The van der Waals surface area contributed by atoms with Crippen LogP contribution in [0.1, 0.15) is 5.69 Å². The fraction of sp³-hybridized carbons (Fsp3) is 0.0556. The molecule has 0 N–H and O–H groups in total. The topological polar surface area (TPSA) is 17.8 Å². The van der Waals surface area contributed by atoms with E-state index in [9.17, 15) is 0 Å². The third-order valence-corrected chi connectivity index (χ3v) is 4.01. The number of halogens is 1. The van der Waals surface area contributed by atoms with Gasteiger partial charge in [0.05, 0.1) is 12.2 Å². The first-order valence-corrected chi connectivity index (χ1v) is 7.27. The van der Waals surface area contributed by atoms with Gasteiger partial charge in [-0.05, 0) is 24.3 Å². The summed E-state index contributed by atoms with van der Waals surface area (Å²) in [5.41, 5.74) is 3.41. The second-order valence-electron chi connectivity index (χ2n) is 5.09. The number of hydrogen-bond donors (Lipinski definition) is 0. The van der Waals surface area contributed by atoms with Gasteiger partial charge < -0.3 is 4.57 Å². The Bertz CT molecular complexity index is 887. The van der Waals surface area contributed by atoms with Crippen LogP contribution in [0, 0.1) is 0 Å². The summed E-state index contributed by atoms with van der Waals surface area (Å²) in [6, 6.07) is 20.7. The van der Waals surface area contributed by atoms with Crippen molar-refractivity contribution < 1.29 is 0 Å². The van der Waals surface area contributed by atoms with Gasteiger partial charge in [-0.15, -0.1) is 0 Å². The third-order valence-electron chi connectivity index (χ3n) is 3.78. The summed E-state index contributed by atoms with van der Waals surface area (Å²) >= 11 is 6.07. The van der Waals surface area contributed by atoms with Gasteiger partial charge in [-0.3, -0.25) is 4.98 Å². The highest BCUT2D eigenvalue weighted by Crippen LogP contribution is 2.29. The highest BCUT2D eigenvalue weighted by atomic mass is 35.5. The molecule has 4 aromatic rings. The zero-order valence-corrected chi connectivity index (χ0v) is 12.1. The van der Waals surface area contributed by atoms with Gasteiger partial charge in [-0.25, -0.2) is 0 Å². The summed E-state index contributed by atoms with van der Waals surface area (Å²) in [6.07, 6.45) is 1.76. The van der Waals surface area contributed by atoms with E-state index in [4.69, 9.17) is 11.6 Å². The molecule has 2 aromatic heterocycles. The lowest BCUT2D eigenvalue weighted by atomic mass is 10.2. The molecule has 0 unspecified atom stereocenters. The summed E-state index contributed by atoms with van der Waals surface area (Å²) in [6.45, 7) is 0.717. The lowest BCUT2D eigenvalue weighted by molar-refractivity contribution is 0.835. The third kappa shape index (κ3) is 2.08. The van der Waals surface area contributed by atoms with E-state index in [0.717, 1.165) is 10.7 Å². The van der Waals surface area contributed by atoms with Crippen LogP contribution in [0.15, 0.2) is 66.9 Å². The minimum absolute atomic E-state index is 0.717. The Labute approximate surface area is 127 Å². The van der Waals surface area contributed by atoms with Gasteiger partial charge in [0.1, 0.15) is 0 Å². The first-order chi connectivity index (χ1) is 10.3. The fourth-order valence-corrected chi connectivity index (χ4v) is 3.05. The Morgan fingerprint density at radius 2 is 1.48 bits per heavy atom. The Morgan fingerprint density at radius 1 is 0.857 bits per heavy atom. The van der Waals surface area contributed by atoms with Gasteiger partial charge in [0.25, 0.3) is 0 Å². The van der Waals surface area contributed by atoms with E-state index in [1.54, 1.807) is 12.3 Å². The van der Waals surface area contributed by atoms with Crippen LogP contribution < -0.4 is 0 Å². The molecule has 2 nitrogen and oxygen atoms in total. The molecule has 21 heavy (non-hydrogen) atoms. The van der Waals surface area contributed by atoms with Crippen molar-refractivity contribution in [1.82, 2.24) is 9.55 Å². The van der Waals surface area contributed by atoms with Crippen LogP contribution in [0.2, 0.25) is 5.02 Å². The van der Waals surface area contributed by atoms with Crippen molar-refractivity contribution in [3.63, 3.8) is 0 Å². The molecule has 0 amide bonds. The van der Waals surface area contributed by atoms with Gasteiger partial charge in [-0.2, -0.15) is 0 Å². The van der Waals surface area contributed by atoms with Crippen LogP contribution in [0.4, 0.5) is 0 Å². The van der Waals surface area contributed by atoms with Gasteiger partial charge >= 0.3 is 0 Å². The van der Waals surface area contributed by atoms with E-state index in [1.165, 1.54) is 21.8 Å². The number of hydrogen-bond acceptors (Lipinski definition) is 1. The number of fused-ring (bicyclic) bond motifs is 3. The molecule has 3 heteroatoms. The number of rotatable bonds is 2. The van der Waals surface area contributed by atoms with Crippen molar-refractivity contribution in [2.45, 2.75) is 6.54 Å². The number of aromatic nitrogens is 2. The van der Waals surface area contributed by atoms with Crippen LogP contribution in [-0.2, 0) is 6.54 Å². The zero-order valence-electron chi connectivity index (χ0n) is 11.3. The first kappa shape index (κ1) is 12.4. The van der Waals surface area contributed by atoms with Crippen LogP contribution in [-0.4, -0.2) is 9.55 Å². The minimum atomic E-state index is 0.717. The first-order valence-electron chi connectivity index (χ1n) is 6.89. The summed E-state index contributed by atoms with van der Waals surface area (Å²) in [5, 5.41) is 3.27. The molecule has 0 fully saturated rings. The Hall–Kier alpha value is -2.32. The van der Waals surface area contributed by atoms with Crippen molar-refractivity contribution in [3.05, 3.63) is 77.6 Å². The number of benzene rings is 2. The molecule has 0 aliphatic carbocycles. The Morgan fingerprint density at radius 3 is 2.10 bits per heavy atom. The highest BCUT2D eigenvalue weighted by Gasteiger charge is 2.10. The molecule has 0 saturated carbocycles. The van der Waals surface area contributed by atoms with E-state index in [-0.39, 0.29) is 0 Å². The molecule has 0 aliphatic heterocycles. The molecule has 2 heterocycles. The quantitative estimate of drug-likeness (QED) is 0.514. The molecule has 0 radical (unpaired) electrons. The molecule has 4 rings (SSSR count). The van der Waals surface area contributed by atoms with Crippen molar-refractivity contribution in [1.29, 1.82) is 0 Å². The predicted octanol–water partition coefficient (Wildman–Crippen LogP) is 4.89. The van der Waals surface area contributed by atoms with Crippen molar-refractivity contribution in [2.75, 3.05) is 0 Å². The average Bonchev–Trinajstić information content (AvgIpc) is 2.83. The van der Waals surface area contributed by atoms with E-state index in [0.29, 0.717) is 6.54 Å². The maximum absolute atomic E-state index is 6.07. The monoisotopic (exact) mass is 292 g/mol. The summed E-state index contributed by atoms with van der Waals surface area (Å²) < 4.78 is 2.29. The maximum Gasteiger partial charge on any atom is 0.0655 e. The largest absolute Gasteiger partial charge is 0.334 e. The summed E-state index contributed by atoms with van der Waals surface area (Å²) in [4.78, 5) is 4.42. The second kappa shape index (κ2) is 4.90. The second-order valence-corrected chi connectivity index (χ2v) is 5.52. The van der Waals surface area contributed by atoms with Crippen LogP contribution in [0.5, 0.6) is 0 Å². The van der Waals surface area contributed by atoms with E-state index in [1.807, 2.05) is 6.07 Å². The van der Waals surface area contributed by atoms with Crippen molar-refractivity contribution in [2.24, 2.45) is 0 Å². The Balaban J connectivity index is 1.97. The number of para-hydroxylation sites is 2. The lowest BCUT2D eigenvalue weighted by Crippen LogP contribution is -2.01. The molecule has 0 bridgehead atoms. The summed E-state index contributed by atoms with van der Waals surface area (Å²) in [7, 11) is 0. The molecular formula is C18H13ClN2. The van der Waals surface area contributed by atoms with Crippen LogP contribution in [0.3, 0.4) is 0 Å². The number of nitrogens with zero attached hydrogens (tertiary/aromatic N) is 2. The molecule has 0 atom stereocenters. The van der Waals surface area contributed by atoms with E-state index in [2.05, 4.69) is 58.1 Å². The zero-order chi connectivity index (χ0) is 14.2. The van der Waals surface area contributed by atoms with Crippen molar-refractivity contribution in [3.8, 4) is 0 Å². The van der Waals surface area contributed by atoms with Gasteiger partial charge in [-0.1, -0.05) is 48.0 Å². The molecule has 2 aromatic carbocycles.